The number of amides is 2. The Morgan fingerprint density at radius 2 is 1.66 bits per heavy atom. The van der Waals surface area contributed by atoms with E-state index >= 15 is 0 Å². The highest BCUT2D eigenvalue weighted by Gasteiger charge is 2.16. The Hall–Kier alpha value is -3.85. The number of nitro benzene ring substituents is 1. The van der Waals surface area contributed by atoms with Gasteiger partial charge in [0.25, 0.3) is 11.6 Å². The predicted octanol–water partition coefficient (Wildman–Crippen LogP) is 4.98. The second-order valence-electron chi connectivity index (χ2n) is 6.76. The van der Waals surface area contributed by atoms with Crippen LogP contribution in [0.1, 0.15) is 17.3 Å². The van der Waals surface area contributed by atoms with Gasteiger partial charge in [0.1, 0.15) is 5.75 Å². The van der Waals surface area contributed by atoms with Crippen LogP contribution in [0, 0.1) is 10.1 Å². The summed E-state index contributed by atoms with van der Waals surface area (Å²) in [5.74, 6) is 0.172. The Balaban J connectivity index is 1.60. The van der Waals surface area contributed by atoms with Crippen molar-refractivity contribution >= 4 is 40.6 Å². The molecule has 0 aliphatic rings. The number of nitrogens with one attached hydrogen (secondary N) is 2. The number of non-ortho nitro benzene ring substituents is 1. The van der Waals surface area contributed by atoms with Gasteiger partial charge in [-0.2, -0.15) is 0 Å². The van der Waals surface area contributed by atoms with Crippen LogP contribution in [-0.2, 0) is 4.79 Å². The molecule has 0 saturated heterocycles. The molecule has 2 N–H and O–H groups in total. The summed E-state index contributed by atoms with van der Waals surface area (Å²) in [6, 6.07) is 19.6. The van der Waals surface area contributed by atoms with Gasteiger partial charge >= 0.3 is 0 Å². The maximum atomic E-state index is 12.5. The largest absolute Gasteiger partial charge is 0.497 e. The third-order valence-electron chi connectivity index (χ3n) is 4.47. The monoisotopic (exact) mass is 451 g/mol. The third kappa shape index (κ3) is 6.08. The van der Waals surface area contributed by atoms with Crippen molar-refractivity contribution in [1.82, 2.24) is 0 Å². The Labute approximate surface area is 189 Å². The fourth-order valence-corrected chi connectivity index (χ4v) is 3.69. The van der Waals surface area contributed by atoms with E-state index in [-0.39, 0.29) is 22.8 Å². The van der Waals surface area contributed by atoms with Gasteiger partial charge in [0.15, 0.2) is 0 Å². The number of benzene rings is 3. The van der Waals surface area contributed by atoms with E-state index < -0.39 is 4.92 Å². The van der Waals surface area contributed by atoms with E-state index in [0.717, 1.165) is 4.90 Å². The van der Waals surface area contributed by atoms with Gasteiger partial charge in [-0.05, 0) is 61.5 Å². The van der Waals surface area contributed by atoms with Crippen LogP contribution in [0.4, 0.5) is 17.1 Å². The fourth-order valence-electron chi connectivity index (χ4n) is 2.76. The lowest BCUT2D eigenvalue weighted by molar-refractivity contribution is -0.384. The minimum Gasteiger partial charge on any atom is -0.497 e. The summed E-state index contributed by atoms with van der Waals surface area (Å²) in [5, 5.41) is 16.0. The van der Waals surface area contributed by atoms with Crippen molar-refractivity contribution in [2.75, 3.05) is 17.7 Å². The molecule has 1 unspecified atom stereocenters. The van der Waals surface area contributed by atoms with Crippen LogP contribution in [0.3, 0.4) is 0 Å². The molecule has 9 heteroatoms. The first kappa shape index (κ1) is 22.8. The molecule has 0 radical (unpaired) electrons. The maximum Gasteiger partial charge on any atom is 0.269 e. The normalized spacial score (nSPS) is 11.3. The zero-order valence-electron chi connectivity index (χ0n) is 17.4. The van der Waals surface area contributed by atoms with E-state index in [1.807, 2.05) is 6.07 Å². The summed E-state index contributed by atoms with van der Waals surface area (Å²) in [6.07, 6.45) is 0. The van der Waals surface area contributed by atoms with Crippen molar-refractivity contribution in [1.29, 1.82) is 0 Å². The highest BCUT2D eigenvalue weighted by molar-refractivity contribution is 8.00. The molecule has 32 heavy (non-hydrogen) atoms. The molecule has 8 nitrogen and oxygen atoms in total. The molecular formula is C23H21N3O5S. The second-order valence-corrected chi connectivity index (χ2v) is 8.18. The fraction of sp³-hybridized carbons (Fsp3) is 0.130. The minimum atomic E-state index is -0.520. The Morgan fingerprint density at radius 1 is 0.969 bits per heavy atom. The smallest absolute Gasteiger partial charge is 0.269 e. The molecule has 164 valence electrons. The minimum absolute atomic E-state index is 0.0816. The molecule has 0 saturated carbocycles. The number of nitrogens with zero attached hydrogens (tertiary/aromatic N) is 1. The Kier molecular flexibility index (Phi) is 7.45. The first-order valence-electron chi connectivity index (χ1n) is 9.63. The maximum absolute atomic E-state index is 12.5. The van der Waals surface area contributed by atoms with Gasteiger partial charge in [-0.25, -0.2) is 0 Å². The van der Waals surface area contributed by atoms with E-state index in [1.54, 1.807) is 56.5 Å². The number of carbonyl (C=O) groups is 2. The van der Waals surface area contributed by atoms with Crippen LogP contribution < -0.4 is 15.4 Å². The van der Waals surface area contributed by atoms with E-state index in [4.69, 9.17) is 4.74 Å². The van der Waals surface area contributed by atoms with Crippen molar-refractivity contribution in [3.8, 4) is 5.75 Å². The molecule has 0 heterocycles. The van der Waals surface area contributed by atoms with E-state index in [9.17, 15) is 19.7 Å². The zero-order chi connectivity index (χ0) is 23.1. The van der Waals surface area contributed by atoms with Gasteiger partial charge in [0.05, 0.1) is 17.3 Å². The SMILES string of the molecule is COc1ccc(NC(=O)C(C)Sc2cccc(NC(=O)c3ccc([N+](=O)[O-])cc3)c2)cc1. The number of hydrogen-bond acceptors (Lipinski definition) is 6. The van der Waals surface area contributed by atoms with Crippen LogP contribution in [0.2, 0.25) is 0 Å². The molecule has 0 spiro atoms. The molecule has 0 bridgehead atoms. The van der Waals surface area contributed by atoms with Crippen LogP contribution in [0.15, 0.2) is 77.7 Å². The van der Waals surface area contributed by atoms with Gasteiger partial charge in [-0.1, -0.05) is 6.07 Å². The van der Waals surface area contributed by atoms with Crippen LogP contribution >= 0.6 is 11.8 Å². The molecule has 0 fully saturated rings. The van der Waals surface area contributed by atoms with Crippen molar-refractivity contribution < 1.29 is 19.2 Å². The topological polar surface area (TPSA) is 111 Å². The highest BCUT2D eigenvalue weighted by Crippen LogP contribution is 2.27. The van der Waals surface area contributed by atoms with Gasteiger partial charge in [-0.15, -0.1) is 11.8 Å². The number of nitro groups is 1. The summed E-state index contributed by atoms with van der Waals surface area (Å²) in [7, 11) is 1.58. The van der Waals surface area contributed by atoms with E-state index in [1.165, 1.54) is 36.0 Å². The zero-order valence-corrected chi connectivity index (χ0v) is 18.2. The number of methoxy groups -OCH3 is 1. The molecule has 0 aromatic heterocycles. The lowest BCUT2D eigenvalue weighted by Crippen LogP contribution is -2.22. The molecule has 2 amide bonds. The van der Waals surface area contributed by atoms with Gasteiger partial charge in [0, 0.05) is 34.0 Å². The Morgan fingerprint density at radius 3 is 2.28 bits per heavy atom. The van der Waals surface area contributed by atoms with Crippen molar-refractivity contribution in [2.45, 2.75) is 17.1 Å². The molecule has 1 atom stereocenters. The first-order chi connectivity index (χ1) is 15.4. The number of hydrogen-bond donors (Lipinski definition) is 2. The summed E-state index contributed by atoms with van der Waals surface area (Å²) in [6.45, 7) is 1.80. The second kappa shape index (κ2) is 10.5. The van der Waals surface area contributed by atoms with Crippen LogP contribution in [0.5, 0.6) is 5.75 Å². The number of thioether (sulfide) groups is 1. The molecule has 3 aromatic carbocycles. The standard InChI is InChI=1S/C23H21N3O5S/c1-15(22(27)24-17-8-12-20(31-2)13-9-17)32-21-5-3-4-18(14-21)25-23(28)16-6-10-19(11-7-16)26(29)30/h3-15H,1-2H3,(H,24,27)(H,25,28). The average Bonchev–Trinajstić information content (AvgIpc) is 2.79. The van der Waals surface area contributed by atoms with Gasteiger partial charge in [0.2, 0.25) is 5.91 Å². The molecule has 0 aliphatic heterocycles. The van der Waals surface area contributed by atoms with Gasteiger partial charge < -0.3 is 15.4 Å². The molecule has 3 aromatic rings. The van der Waals surface area contributed by atoms with Crippen molar-refractivity contribution in [3.63, 3.8) is 0 Å². The number of carbonyl (C=O) groups excluding carboxylic acids is 2. The summed E-state index contributed by atoms with van der Waals surface area (Å²) >= 11 is 1.36. The summed E-state index contributed by atoms with van der Waals surface area (Å²) < 4.78 is 5.11. The summed E-state index contributed by atoms with van der Waals surface area (Å²) in [5.41, 5.74) is 1.45. The summed E-state index contributed by atoms with van der Waals surface area (Å²) in [4.78, 5) is 36.0. The predicted molar refractivity (Wildman–Crippen MR) is 124 cm³/mol. The van der Waals surface area contributed by atoms with Crippen molar-refractivity contribution in [3.05, 3.63) is 88.5 Å². The van der Waals surface area contributed by atoms with E-state index in [0.29, 0.717) is 22.7 Å². The van der Waals surface area contributed by atoms with Crippen molar-refractivity contribution in [2.24, 2.45) is 0 Å². The first-order valence-corrected chi connectivity index (χ1v) is 10.5. The van der Waals surface area contributed by atoms with Crippen LogP contribution in [0.25, 0.3) is 0 Å². The number of anilines is 2. The van der Waals surface area contributed by atoms with E-state index in [2.05, 4.69) is 10.6 Å². The quantitative estimate of drug-likeness (QED) is 0.284. The molecule has 3 rings (SSSR count). The lowest BCUT2D eigenvalue weighted by Gasteiger charge is -2.13. The Bertz CT molecular complexity index is 1120. The highest BCUT2D eigenvalue weighted by atomic mass is 32.2. The van der Waals surface area contributed by atoms with Gasteiger partial charge in [-0.3, -0.25) is 19.7 Å². The molecular weight excluding hydrogens is 430 g/mol. The number of ether oxygens (including phenoxy) is 1. The molecule has 0 aliphatic carbocycles. The lowest BCUT2D eigenvalue weighted by atomic mass is 10.2. The van der Waals surface area contributed by atoms with Crippen LogP contribution in [-0.4, -0.2) is 29.1 Å². The average molecular weight is 452 g/mol. The number of rotatable bonds is 8. The third-order valence-corrected chi connectivity index (χ3v) is 5.57.